The summed E-state index contributed by atoms with van der Waals surface area (Å²) in [5.41, 5.74) is 11.1. The van der Waals surface area contributed by atoms with Crippen molar-refractivity contribution in [3.05, 3.63) is 59.8 Å². The minimum Gasteiger partial charge on any atom is -0.389 e. The number of Topliss-reactive ketones (excluding diaryl/α,β-unsaturated/α-hetero) is 1. The maximum atomic E-state index is 12.8. The second-order valence-electron chi connectivity index (χ2n) is 11.1. The number of nitrogens with zero attached hydrogens (tertiary/aromatic N) is 2. The Morgan fingerprint density at radius 1 is 1.13 bits per heavy atom. The number of carbonyl (C=O) groups excluding carboxylic acids is 1. The van der Waals surface area contributed by atoms with Crippen LogP contribution >= 0.6 is 12.2 Å². The molecule has 5 rings (SSSR count). The monoisotopic (exact) mass is 566 g/mol. The van der Waals surface area contributed by atoms with Crippen LogP contribution in [0.3, 0.4) is 0 Å². The molecule has 2 aromatic carbocycles. The minimum absolute atomic E-state index is 0.00241. The summed E-state index contributed by atoms with van der Waals surface area (Å²) in [6.07, 6.45) is 6.91. The Morgan fingerprint density at radius 3 is 2.56 bits per heavy atom. The van der Waals surface area contributed by atoms with Crippen molar-refractivity contribution in [2.75, 3.05) is 19.6 Å². The predicted molar refractivity (Wildman–Crippen MR) is 162 cm³/mol. The largest absolute Gasteiger partial charge is 0.389 e. The number of nitrogens with two attached hydrogens (primary N) is 1. The highest BCUT2D eigenvalue weighted by Gasteiger charge is 2.31. The Morgan fingerprint density at radius 2 is 1.90 bits per heavy atom. The number of benzene rings is 2. The van der Waals surface area contributed by atoms with E-state index in [1.807, 2.05) is 18.2 Å². The summed E-state index contributed by atoms with van der Waals surface area (Å²) >= 11 is 5.23. The Bertz CT molecular complexity index is 1480. The standard InChI is InChI=1S/C30H38N4O3S2/c1-20(2)39(36,37)33-15-12-24(13-16-33)34-19-26(22-5-3-6-23(18-22)30(31)38)25-10-8-21(17-28(25)34)9-11-29(35)27-7-4-14-32-27/h3,5-6,8,10,17-20,24,27,32H,4,7,9,11-16H2,1-2H3,(H2,31,38). The number of fused-ring (bicyclic) bond motifs is 1. The smallest absolute Gasteiger partial charge is 0.216 e. The van der Waals surface area contributed by atoms with Gasteiger partial charge in [-0.3, -0.25) is 4.79 Å². The molecule has 1 unspecified atom stereocenters. The quantitative estimate of drug-likeness (QED) is 0.368. The van der Waals surface area contributed by atoms with Gasteiger partial charge in [0.05, 0.1) is 11.3 Å². The van der Waals surface area contributed by atoms with Gasteiger partial charge in [-0.2, -0.15) is 0 Å². The average Bonchev–Trinajstić information content (AvgIpc) is 3.60. The van der Waals surface area contributed by atoms with Crippen LogP contribution in [-0.2, 0) is 21.2 Å². The SMILES string of the molecule is CC(C)S(=O)(=O)N1CCC(n2cc(-c3cccc(C(N)=S)c3)c3ccc(CCC(=O)C4CCCN4)cc32)CC1. The van der Waals surface area contributed by atoms with Gasteiger partial charge in [0.15, 0.2) is 0 Å². The van der Waals surface area contributed by atoms with Gasteiger partial charge in [-0.15, -0.1) is 0 Å². The predicted octanol–water partition coefficient (Wildman–Crippen LogP) is 4.57. The zero-order valence-corrected chi connectivity index (χ0v) is 24.4. The molecular weight excluding hydrogens is 528 g/mol. The highest BCUT2D eigenvalue weighted by Crippen LogP contribution is 2.37. The molecule has 39 heavy (non-hydrogen) atoms. The Kier molecular flexibility index (Phi) is 8.24. The minimum atomic E-state index is -3.27. The number of nitrogens with one attached hydrogen (secondary N) is 1. The third-order valence-corrected chi connectivity index (χ3v) is 10.8. The Labute approximate surface area is 236 Å². The van der Waals surface area contributed by atoms with Crippen LogP contribution < -0.4 is 11.1 Å². The number of hydrogen-bond acceptors (Lipinski definition) is 5. The van der Waals surface area contributed by atoms with Gasteiger partial charge in [-0.25, -0.2) is 12.7 Å². The first-order valence-electron chi connectivity index (χ1n) is 13.9. The van der Waals surface area contributed by atoms with E-state index in [0.717, 1.165) is 65.4 Å². The molecule has 3 aromatic rings. The van der Waals surface area contributed by atoms with E-state index in [1.54, 1.807) is 18.2 Å². The fourth-order valence-corrected chi connectivity index (χ4v) is 7.34. The number of ketones is 1. The summed E-state index contributed by atoms with van der Waals surface area (Å²) in [5, 5.41) is 4.02. The van der Waals surface area contributed by atoms with Crippen molar-refractivity contribution in [2.45, 2.75) is 69.7 Å². The van der Waals surface area contributed by atoms with Crippen LogP contribution in [0.4, 0.5) is 0 Å². The second-order valence-corrected chi connectivity index (χ2v) is 14.0. The maximum Gasteiger partial charge on any atom is 0.216 e. The van der Waals surface area contributed by atoms with E-state index in [1.165, 1.54) is 0 Å². The summed E-state index contributed by atoms with van der Waals surface area (Å²) in [7, 11) is -3.27. The van der Waals surface area contributed by atoms with Crippen molar-refractivity contribution in [1.29, 1.82) is 0 Å². The molecule has 7 nitrogen and oxygen atoms in total. The third-order valence-electron chi connectivity index (χ3n) is 8.24. The van der Waals surface area contributed by atoms with Gasteiger partial charge in [0.1, 0.15) is 10.8 Å². The fraction of sp³-hybridized carbons (Fsp3) is 0.467. The van der Waals surface area contributed by atoms with Gasteiger partial charge in [0.2, 0.25) is 10.0 Å². The summed E-state index contributed by atoms with van der Waals surface area (Å²) in [6, 6.07) is 14.7. The molecule has 1 atom stereocenters. The van der Waals surface area contributed by atoms with Gasteiger partial charge in [0, 0.05) is 53.8 Å². The first kappa shape index (κ1) is 28.0. The van der Waals surface area contributed by atoms with E-state index in [-0.39, 0.29) is 17.9 Å². The van der Waals surface area contributed by atoms with E-state index in [0.29, 0.717) is 30.9 Å². The number of sulfonamides is 1. The number of rotatable bonds is 9. The average molecular weight is 567 g/mol. The lowest BCUT2D eigenvalue weighted by Crippen LogP contribution is -2.42. The summed E-state index contributed by atoms with van der Waals surface area (Å²) in [6.45, 7) is 5.43. The molecule has 2 aliphatic heterocycles. The van der Waals surface area contributed by atoms with Gasteiger partial charge >= 0.3 is 0 Å². The molecule has 0 amide bonds. The normalized spacial score (nSPS) is 19.2. The number of thiocarbonyl (C=S) groups is 1. The molecule has 3 heterocycles. The van der Waals surface area contributed by atoms with Crippen molar-refractivity contribution in [2.24, 2.45) is 5.73 Å². The number of hydrogen-bond donors (Lipinski definition) is 2. The molecule has 1 aromatic heterocycles. The molecule has 208 valence electrons. The molecule has 3 N–H and O–H groups in total. The lowest BCUT2D eigenvalue weighted by Gasteiger charge is -2.33. The van der Waals surface area contributed by atoms with E-state index < -0.39 is 15.3 Å². The maximum absolute atomic E-state index is 12.8. The van der Waals surface area contributed by atoms with Crippen LogP contribution in [-0.4, -0.2) is 59.0 Å². The van der Waals surface area contributed by atoms with Crippen molar-refractivity contribution in [3.8, 4) is 11.1 Å². The molecule has 2 fully saturated rings. The van der Waals surface area contributed by atoms with Gasteiger partial charge in [-0.05, 0) is 75.8 Å². The van der Waals surface area contributed by atoms with Crippen molar-refractivity contribution < 1.29 is 13.2 Å². The molecule has 9 heteroatoms. The van der Waals surface area contributed by atoms with Crippen LogP contribution in [0, 0.1) is 0 Å². The lowest BCUT2D eigenvalue weighted by atomic mass is 9.99. The molecule has 0 radical (unpaired) electrons. The van der Waals surface area contributed by atoms with Gasteiger partial charge in [-0.1, -0.05) is 42.5 Å². The first-order chi connectivity index (χ1) is 18.6. The van der Waals surface area contributed by atoms with E-state index >= 15 is 0 Å². The van der Waals surface area contributed by atoms with Crippen LogP contribution in [0.25, 0.3) is 22.0 Å². The molecule has 0 aliphatic carbocycles. The molecule has 2 saturated heterocycles. The van der Waals surface area contributed by atoms with Crippen LogP contribution in [0.5, 0.6) is 0 Å². The summed E-state index contributed by atoms with van der Waals surface area (Å²) < 4.78 is 29.5. The number of piperidine rings is 1. The zero-order chi connectivity index (χ0) is 27.7. The molecule has 0 saturated carbocycles. The van der Waals surface area contributed by atoms with Crippen LogP contribution in [0.1, 0.15) is 63.1 Å². The number of carbonyl (C=O) groups is 1. The zero-order valence-electron chi connectivity index (χ0n) is 22.7. The van der Waals surface area contributed by atoms with Crippen molar-refractivity contribution in [1.82, 2.24) is 14.2 Å². The molecule has 0 bridgehead atoms. The highest BCUT2D eigenvalue weighted by molar-refractivity contribution is 7.89. The van der Waals surface area contributed by atoms with Crippen molar-refractivity contribution in [3.63, 3.8) is 0 Å². The molecular formula is C30H38N4O3S2. The molecule has 2 aliphatic rings. The third kappa shape index (κ3) is 5.82. The highest BCUT2D eigenvalue weighted by atomic mass is 32.2. The van der Waals surface area contributed by atoms with E-state index in [4.69, 9.17) is 18.0 Å². The number of aromatic nitrogens is 1. The van der Waals surface area contributed by atoms with Gasteiger partial charge in [0.25, 0.3) is 0 Å². The van der Waals surface area contributed by atoms with Gasteiger partial charge < -0.3 is 15.6 Å². The summed E-state index contributed by atoms with van der Waals surface area (Å²) in [4.78, 5) is 13.1. The van der Waals surface area contributed by atoms with E-state index in [2.05, 4.69) is 40.3 Å². The van der Waals surface area contributed by atoms with Crippen molar-refractivity contribution >= 4 is 43.9 Å². The Hall–Kier alpha value is -2.59. The first-order valence-corrected chi connectivity index (χ1v) is 15.8. The van der Waals surface area contributed by atoms with Crippen LogP contribution in [0.15, 0.2) is 48.7 Å². The van der Waals surface area contributed by atoms with Crippen LogP contribution in [0.2, 0.25) is 0 Å². The number of aryl methyl sites for hydroxylation is 1. The molecule has 0 spiro atoms. The Balaban J connectivity index is 1.47. The topological polar surface area (TPSA) is 97.4 Å². The lowest BCUT2D eigenvalue weighted by molar-refractivity contribution is -0.120. The summed E-state index contributed by atoms with van der Waals surface area (Å²) in [5.74, 6) is 0.289. The van der Waals surface area contributed by atoms with E-state index in [9.17, 15) is 13.2 Å². The second kappa shape index (κ2) is 11.5. The fourth-order valence-electron chi connectivity index (χ4n) is 5.90.